The molecule has 0 unspecified atom stereocenters. The van der Waals surface area contributed by atoms with Crippen LogP contribution in [0.25, 0.3) is 5.52 Å². The maximum absolute atomic E-state index is 14.2. The number of nitrogens with one attached hydrogen (secondary N) is 1. The van der Waals surface area contributed by atoms with Gasteiger partial charge in [0.1, 0.15) is 17.7 Å². The number of benzene rings is 1. The molecule has 4 N–H and O–H groups in total. The maximum Gasteiger partial charge on any atom is 0.158 e. The zero-order chi connectivity index (χ0) is 19.0. The first kappa shape index (κ1) is 18.3. The third-order valence-electron chi connectivity index (χ3n) is 4.83. The van der Waals surface area contributed by atoms with Gasteiger partial charge in [-0.15, -0.1) is 0 Å². The van der Waals surface area contributed by atoms with Crippen LogP contribution in [0.1, 0.15) is 12.0 Å². The number of hydrogen-bond donors (Lipinski definition) is 3. The van der Waals surface area contributed by atoms with Crippen molar-refractivity contribution in [3.63, 3.8) is 0 Å². The molecule has 1 saturated heterocycles. The van der Waals surface area contributed by atoms with Gasteiger partial charge in [0, 0.05) is 36.3 Å². The van der Waals surface area contributed by atoms with E-state index in [1.807, 2.05) is 12.3 Å². The van der Waals surface area contributed by atoms with Gasteiger partial charge in [-0.3, -0.25) is 4.90 Å². The standard InChI is InChI=1S/C18H20BrFN6O/c19-12-1-2-13(20)15(7-12)24-18-17-11(3-6-26(17)23-10-22-18)8-25-5-4-14(21)16(27)9-25/h1-3,6-7,10,14,16,27H,4-5,8-9,21H2,(H,22,23,24)/t14-,16-/m1/s1. The lowest BCUT2D eigenvalue weighted by atomic mass is 10.0. The van der Waals surface area contributed by atoms with Gasteiger partial charge in [-0.1, -0.05) is 15.9 Å². The van der Waals surface area contributed by atoms with E-state index in [1.54, 1.807) is 16.6 Å². The molecule has 0 saturated carbocycles. The van der Waals surface area contributed by atoms with Gasteiger partial charge in [-0.2, -0.15) is 5.10 Å². The number of β-amino-alcohol motifs (C(OH)–C–C–N with tert-alkyl or cyclic N) is 1. The Kier molecular flexibility index (Phi) is 5.09. The second-order valence-corrected chi connectivity index (χ2v) is 7.66. The highest BCUT2D eigenvalue weighted by atomic mass is 79.9. The van der Waals surface area contributed by atoms with E-state index < -0.39 is 6.10 Å². The van der Waals surface area contributed by atoms with E-state index in [0.29, 0.717) is 24.6 Å². The van der Waals surface area contributed by atoms with Crippen molar-refractivity contribution >= 4 is 33.0 Å². The van der Waals surface area contributed by atoms with Gasteiger partial charge < -0.3 is 16.2 Å². The summed E-state index contributed by atoms with van der Waals surface area (Å²) < 4.78 is 16.6. The molecule has 4 rings (SSSR count). The number of aliphatic hydroxyl groups excluding tert-OH is 1. The van der Waals surface area contributed by atoms with Crippen molar-refractivity contribution in [2.45, 2.75) is 25.1 Å². The predicted molar refractivity (Wildman–Crippen MR) is 104 cm³/mol. The van der Waals surface area contributed by atoms with Crippen LogP contribution in [0.2, 0.25) is 0 Å². The molecule has 142 valence electrons. The summed E-state index contributed by atoms with van der Waals surface area (Å²) in [4.78, 5) is 6.47. The molecule has 9 heteroatoms. The number of aliphatic hydroxyl groups is 1. The second kappa shape index (κ2) is 7.51. The van der Waals surface area contributed by atoms with Crippen LogP contribution in [0.15, 0.2) is 41.3 Å². The van der Waals surface area contributed by atoms with E-state index in [4.69, 9.17) is 5.73 Å². The Labute approximate surface area is 164 Å². The zero-order valence-electron chi connectivity index (χ0n) is 14.5. The number of piperidine rings is 1. The number of rotatable bonds is 4. The molecule has 0 spiro atoms. The minimum atomic E-state index is -0.530. The van der Waals surface area contributed by atoms with Crippen LogP contribution in [0.3, 0.4) is 0 Å². The molecule has 1 aromatic carbocycles. The summed E-state index contributed by atoms with van der Waals surface area (Å²) in [5, 5.41) is 17.4. The summed E-state index contributed by atoms with van der Waals surface area (Å²) >= 11 is 3.36. The summed E-state index contributed by atoms with van der Waals surface area (Å²) in [7, 11) is 0. The zero-order valence-corrected chi connectivity index (χ0v) is 16.1. The van der Waals surface area contributed by atoms with E-state index in [2.05, 4.69) is 36.2 Å². The van der Waals surface area contributed by atoms with Gasteiger partial charge in [0.25, 0.3) is 0 Å². The average molecular weight is 435 g/mol. The van der Waals surface area contributed by atoms with Crippen LogP contribution in [0.4, 0.5) is 15.9 Å². The van der Waals surface area contributed by atoms with Gasteiger partial charge in [0.2, 0.25) is 0 Å². The third kappa shape index (κ3) is 3.81. The fourth-order valence-electron chi connectivity index (χ4n) is 3.36. The Morgan fingerprint density at radius 1 is 1.37 bits per heavy atom. The quantitative estimate of drug-likeness (QED) is 0.583. The van der Waals surface area contributed by atoms with Crippen molar-refractivity contribution in [2.24, 2.45) is 5.73 Å². The Hall–Kier alpha value is -2.07. The van der Waals surface area contributed by atoms with Crippen LogP contribution in [0, 0.1) is 5.82 Å². The Morgan fingerprint density at radius 3 is 3.04 bits per heavy atom. The molecule has 0 radical (unpaired) electrons. The molecule has 0 bridgehead atoms. The van der Waals surface area contributed by atoms with Crippen molar-refractivity contribution < 1.29 is 9.50 Å². The monoisotopic (exact) mass is 434 g/mol. The van der Waals surface area contributed by atoms with Gasteiger partial charge in [-0.05, 0) is 36.2 Å². The molecule has 1 aliphatic rings. The van der Waals surface area contributed by atoms with Crippen molar-refractivity contribution in [1.82, 2.24) is 19.5 Å². The first-order valence-electron chi connectivity index (χ1n) is 8.70. The van der Waals surface area contributed by atoms with Crippen LogP contribution >= 0.6 is 15.9 Å². The van der Waals surface area contributed by atoms with Gasteiger partial charge in [0.15, 0.2) is 5.82 Å². The molecule has 3 aromatic rings. The first-order valence-corrected chi connectivity index (χ1v) is 9.50. The van der Waals surface area contributed by atoms with Crippen LogP contribution < -0.4 is 11.1 Å². The molecular weight excluding hydrogens is 415 g/mol. The Morgan fingerprint density at radius 2 is 2.22 bits per heavy atom. The first-order chi connectivity index (χ1) is 13.0. The highest BCUT2D eigenvalue weighted by Crippen LogP contribution is 2.27. The number of hydrogen-bond acceptors (Lipinski definition) is 6. The van der Waals surface area contributed by atoms with Crippen molar-refractivity contribution in [3.8, 4) is 0 Å². The number of nitrogens with zero attached hydrogens (tertiary/aromatic N) is 4. The number of likely N-dealkylation sites (tertiary alicyclic amines) is 1. The number of nitrogens with two attached hydrogens (primary N) is 1. The normalized spacial score (nSPS) is 20.9. The van der Waals surface area contributed by atoms with Crippen LogP contribution in [0.5, 0.6) is 0 Å². The predicted octanol–water partition coefficient (Wildman–Crippen LogP) is 2.27. The molecule has 3 heterocycles. The van der Waals surface area contributed by atoms with Crippen LogP contribution in [-0.4, -0.2) is 49.8 Å². The topological polar surface area (TPSA) is 91.7 Å². The van der Waals surface area contributed by atoms with Crippen LogP contribution in [-0.2, 0) is 6.54 Å². The van der Waals surface area contributed by atoms with E-state index in [9.17, 15) is 9.50 Å². The van der Waals surface area contributed by atoms with E-state index >= 15 is 0 Å². The minimum absolute atomic E-state index is 0.174. The number of aromatic nitrogens is 3. The highest BCUT2D eigenvalue weighted by molar-refractivity contribution is 9.10. The molecule has 0 amide bonds. The molecule has 7 nitrogen and oxygen atoms in total. The summed E-state index contributed by atoms with van der Waals surface area (Å²) in [5.74, 6) is 0.160. The summed E-state index contributed by atoms with van der Waals surface area (Å²) in [5.41, 5.74) is 8.00. The summed E-state index contributed by atoms with van der Waals surface area (Å²) in [6.45, 7) is 1.96. The molecule has 27 heavy (non-hydrogen) atoms. The largest absolute Gasteiger partial charge is 0.390 e. The maximum atomic E-state index is 14.2. The number of halogens is 2. The minimum Gasteiger partial charge on any atom is -0.390 e. The van der Waals surface area contributed by atoms with Gasteiger partial charge in [0.05, 0.1) is 11.8 Å². The van der Waals surface area contributed by atoms with E-state index in [0.717, 1.165) is 28.5 Å². The van der Waals surface area contributed by atoms with E-state index in [-0.39, 0.29) is 11.9 Å². The van der Waals surface area contributed by atoms with E-state index in [1.165, 1.54) is 12.4 Å². The van der Waals surface area contributed by atoms with Gasteiger partial charge >= 0.3 is 0 Å². The lowest BCUT2D eigenvalue weighted by Crippen LogP contribution is -2.50. The highest BCUT2D eigenvalue weighted by Gasteiger charge is 2.25. The van der Waals surface area contributed by atoms with Crippen molar-refractivity contribution in [3.05, 3.63) is 52.6 Å². The molecule has 1 aliphatic heterocycles. The molecular formula is C18H20BrFN6O. The van der Waals surface area contributed by atoms with Crippen molar-refractivity contribution in [2.75, 3.05) is 18.4 Å². The fourth-order valence-corrected chi connectivity index (χ4v) is 3.72. The summed E-state index contributed by atoms with van der Waals surface area (Å²) in [6.07, 6.45) is 3.49. The van der Waals surface area contributed by atoms with Crippen molar-refractivity contribution in [1.29, 1.82) is 0 Å². The molecule has 0 aliphatic carbocycles. The SMILES string of the molecule is N[C@@H]1CCN(Cc2ccn3ncnc(Nc4cc(Br)ccc4F)c23)C[C@H]1O. The average Bonchev–Trinajstić information content (AvgIpc) is 3.05. The third-order valence-corrected chi connectivity index (χ3v) is 5.32. The lowest BCUT2D eigenvalue weighted by Gasteiger charge is -2.33. The Balaban J connectivity index is 1.64. The second-order valence-electron chi connectivity index (χ2n) is 6.75. The summed E-state index contributed by atoms with van der Waals surface area (Å²) in [6, 6.07) is 6.49. The number of anilines is 2. The fraction of sp³-hybridized carbons (Fsp3) is 0.333. The number of fused-ring (bicyclic) bond motifs is 1. The Bertz CT molecular complexity index is 964. The molecule has 2 aromatic heterocycles. The molecule has 2 atom stereocenters. The smallest absolute Gasteiger partial charge is 0.158 e. The lowest BCUT2D eigenvalue weighted by molar-refractivity contribution is 0.0501. The molecule has 1 fully saturated rings. The van der Waals surface area contributed by atoms with Gasteiger partial charge in [-0.25, -0.2) is 13.9 Å².